The van der Waals surface area contributed by atoms with E-state index in [-0.39, 0.29) is 5.78 Å². The van der Waals surface area contributed by atoms with Crippen LogP contribution in [0, 0.1) is 6.92 Å². The number of ketones is 1. The maximum Gasteiger partial charge on any atom is 0.238 e. The fourth-order valence-corrected chi connectivity index (χ4v) is 3.42. The summed E-state index contributed by atoms with van der Waals surface area (Å²) in [5.74, 6) is 1.01. The van der Waals surface area contributed by atoms with Gasteiger partial charge in [-0.2, -0.15) is 0 Å². The number of carbonyl (C=O) groups is 1. The van der Waals surface area contributed by atoms with Crippen molar-refractivity contribution in [1.29, 1.82) is 0 Å². The van der Waals surface area contributed by atoms with Crippen molar-refractivity contribution >= 4 is 44.0 Å². The number of methoxy groups -OCH3 is 1. The van der Waals surface area contributed by atoms with Crippen molar-refractivity contribution in [3.05, 3.63) is 50.3 Å². The number of thiophene rings is 1. The molecule has 3 nitrogen and oxygen atoms in total. The highest BCUT2D eigenvalue weighted by atomic mass is 79.9. The van der Waals surface area contributed by atoms with Crippen molar-refractivity contribution in [3.8, 4) is 5.75 Å². The number of aryl methyl sites for hydroxylation is 1. The van der Waals surface area contributed by atoms with E-state index in [1.165, 1.54) is 11.3 Å². The zero-order chi connectivity index (χ0) is 14.3. The molecule has 0 radical (unpaired) electrons. The molecule has 0 bridgehead atoms. The molecule has 0 saturated carbocycles. The van der Waals surface area contributed by atoms with Crippen LogP contribution in [0.4, 0.5) is 0 Å². The number of hydrogen-bond donors (Lipinski definition) is 0. The van der Waals surface area contributed by atoms with Crippen LogP contribution in [0.1, 0.15) is 21.0 Å². The predicted octanol–water partition coefficient (Wildman–Crippen LogP) is 4.80. The Morgan fingerprint density at radius 2 is 2.10 bits per heavy atom. The number of halogens is 1. The van der Waals surface area contributed by atoms with Gasteiger partial charge in [-0.25, -0.2) is 0 Å². The summed E-state index contributed by atoms with van der Waals surface area (Å²) in [4.78, 5) is 13.1. The van der Waals surface area contributed by atoms with Gasteiger partial charge in [-0.3, -0.25) is 4.79 Å². The second-order valence-electron chi connectivity index (χ2n) is 4.35. The minimum Gasteiger partial charge on any atom is -0.497 e. The highest BCUT2D eigenvalue weighted by Crippen LogP contribution is 2.32. The first kappa shape index (κ1) is 13.4. The Bertz CT molecular complexity index is 801. The van der Waals surface area contributed by atoms with Crippen molar-refractivity contribution in [2.24, 2.45) is 0 Å². The Morgan fingerprint density at radius 1 is 1.30 bits per heavy atom. The molecular weight excluding hydrogens is 340 g/mol. The standard InChI is InChI=1S/C15H11BrO3S/c1-8-10-4-3-9(18-2)7-11(10)19-15(8)14(17)12-5-6-13(16)20-12/h3-7H,1-2H3. The number of furan rings is 1. The third-order valence-corrected chi connectivity index (χ3v) is 4.77. The summed E-state index contributed by atoms with van der Waals surface area (Å²) in [7, 11) is 1.60. The molecule has 0 atom stereocenters. The Labute approximate surface area is 128 Å². The van der Waals surface area contributed by atoms with Crippen molar-refractivity contribution < 1.29 is 13.9 Å². The van der Waals surface area contributed by atoms with Gasteiger partial charge in [0.15, 0.2) is 5.76 Å². The van der Waals surface area contributed by atoms with Crippen LogP contribution in [0.2, 0.25) is 0 Å². The molecule has 0 spiro atoms. The summed E-state index contributed by atoms with van der Waals surface area (Å²) in [6, 6.07) is 9.22. The summed E-state index contributed by atoms with van der Waals surface area (Å²) >= 11 is 4.76. The monoisotopic (exact) mass is 350 g/mol. The maximum atomic E-state index is 12.5. The van der Waals surface area contributed by atoms with E-state index in [0.29, 0.717) is 22.0 Å². The molecule has 5 heteroatoms. The lowest BCUT2D eigenvalue weighted by atomic mass is 10.1. The van der Waals surface area contributed by atoms with Crippen LogP contribution < -0.4 is 4.74 Å². The van der Waals surface area contributed by atoms with Crippen molar-refractivity contribution in [1.82, 2.24) is 0 Å². The Morgan fingerprint density at radius 3 is 2.75 bits per heavy atom. The number of carbonyl (C=O) groups excluding carboxylic acids is 1. The summed E-state index contributed by atoms with van der Waals surface area (Å²) < 4.78 is 11.8. The normalized spacial score (nSPS) is 10.9. The lowest BCUT2D eigenvalue weighted by Crippen LogP contribution is -1.98. The van der Waals surface area contributed by atoms with Gasteiger partial charge >= 0.3 is 0 Å². The van der Waals surface area contributed by atoms with Gasteiger partial charge in [0.1, 0.15) is 11.3 Å². The lowest BCUT2D eigenvalue weighted by Gasteiger charge is -1.97. The van der Waals surface area contributed by atoms with Crippen molar-refractivity contribution in [2.45, 2.75) is 6.92 Å². The topological polar surface area (TPSA) is 39.4 Å². The first-order valence-corrected chi connectivity index (χ1v) is 7.58. The van der Waals surface area contributed by atoms with Crippen LogP contribution in [-0.2, 0) is 0 Å². The third kappa shape index (κ3) is 2.17. The summed E-state index contributed by atoms with van der Waals surface area (Å²) in [6.07, 6.45) is 0. The quantitative estimate of drug-likeness (QED) is 0.636. The van der Waals surface area contributed by atoms with E-state index in [4.69, 9.17) is 9.15 Å². The Kier molecular flexibility index (Phi) is 3.40. The Balaban J connectivity index is 2.12. The molecule has 0 fully saturated rings. The molecule has 0 aliphatic rings. The van der Waals surface area contributed by atoms with E-state index in [1.54, 1.807) is 19.2 Å². The number of hydrogen-bond acceptors (Lipinski definition) is 4. The summed E-state index contributed by atoms with van der Waals surface area (Å²) in [6.45, 7) is 1.90. The van der Waals surface area contributed by atoms with Gasteiger partial charge in [0.25, 0.3) is 0 Å². The smallest absolute Gasteiger partial charge is 0.238 e. The van der Waals surface area contributed by atoms with Crippen LogP contribution in [0.5, 0.6) is 5.75 Å². The van der Waals surface area contributed by atoms with Gasteiger partial charge < -0.3 is 9.15 Å². The average Bonchev–Trinajstić information content (AvgIpc) is 3.02. The van der Waals surface area contributed by atoms with Crippen LogP contribution >= 0.6 is 27.3 Å². The second-order valence-corrected chi connectivity index (χ2v) is 6.81. The third-order valence-electron chi connectivity index (χ3n) is 3.15. The van der Waals surface area contributed by atoms with E-state index in [2.05, 4.69) is 15.9 Å². The molecule has 1 aromatic carbocycles. The van der Waals surface area contributed by atoms with E-state index >= 15 is 0 Å². The molecule has 102 valence electrons. The van der Waals surface area contributed by atoms with Crippen LogP contribution in [0.25, 0.3) is 11.0 Å². The second kappa shape index (κ2) is 5.07. The van der Waals surface area contributed by atoms with E-state index in [0.717, 1.165) is 14.7 Å². The summed E-state index contributed by atoms with van der Waals surface area (Å²) in [5, 5.41) is 0.935. The highest BCUT2D eigenvalue weighted by molar-refractivity contribution is 9.11. The number of ether oxygens (including phenoxy) is 1. The molecule has 0 aliphatic heterocycles. The van der Waals surface area contributed by atoms with Gasteiger partial charge in [-0.05, 0) is 47.1 Å². The zero-order valence-electron chi connectivity index (χ0n) is 10.9. The minimum absolute atomic E-state index is 0.0895. The van der Waals surface area contributed by atoms with Gasteiger partial charge in [0.2, 0.25) is 5.78 Å². The van der Waals surface area contributed by atoms with E-state index in [1.807, 2.05) is 25.1 Å². The zero-order valence-corrected chi connectivity index (χ0v) is 13.3. The largest absolute Gasteiger partial charge is 0.497 e. The van der Waals surface area contributed by atoms with E-state index in [9.17, 15) is 4.79 Å². The molecule has 0 unspecified atom stereocenters. The first-order valence-electron chi connectivity index (χ1n) is 5.97. The van der Waals surface area contributed by atoms with Crippen molar-refractivity contribution in [2.75, 3.05) is 7.11 Å². The number of benzene rings is 1. The van der Waals surface area contributed by atoms with Gasteiger partial charge in [-0.1, -0.05) is 0 Å². The highest BCUT2D eigenvalue weighted by Gasteiger charge is 2.20. The number of fused-ring (bicyclic) bond motifs is 1. The average molecular weight is 351 g/mol. The fourth-order valence-electron chi connectivity index (χ4n) is 2.10. The molecule has 3 aromatic rings. The molecular formula is C15H11BrO3S. The summed E-state index contributed by atoms with van der Waals surface area (Å²) in [5.41, 5.74) is 1.53. The molecule has 2 heterocycles. The van der Waals surface area contributed by atoms with Crippen LogP contribution in [-0.4, -0.2) is 12.9 Å². The molecule has 0 N–H and O–H groups in total. The number of rotatable bonds is 3. The van der Waals surface area contributed by atoms with E-state index < -0.39 is 0 Å². The van der Waals surface area contributed by atoms with Gasteiger partial charge in [0, 0.05) is 17.0 Å². The van der Waals surface area contributed by atoms with Crippen molar-refractivity contribution in [3.63, 3.8) is 0 Å². The minimum atomic E-state index is -0.0895. The fraction of sp³-hybridized carbons (Fsp3) is 0.133. The van der Waals surface area contributed by atoms with Crippen LogP contribution in [0.15, 0.2) is 38.5 Å². The molecule has 0 aliphatic carbocycles. The predicted molar refractivity (Wildman–Crippen MR) is 83.0 cm³/mol. The van der Waals surface area contributed by atoms with Gasteiger partial charge in [0.05, 0.1) is 15.8 Å². The molecule has 0 amide bonds. The van der Waals surface area contributed by atoms with Gasteiger partial charge in [-0.15, -0.1) is 11.3 Å². The van der Waals surface area contributed by atoms with Crippen LogP contribution in [0.3, 0.4) is 0 Å². The molecule has 0 saturated heterocycles. The maximum absolute atomic E-state index is 12.5. The first-order chi connectivity index (χ1) is 9.60. The molecule has 20 heavy (non-hydrogen) atoms. The lowest BCUT2D eigenvalue weighted by molar-refractivity contribution is 0.101. The Hall–Kier alpha value is -1.59. The molecule has 2 aromatic heterocycles. The molecule has 3 rings (SSSR count). The SMILES string of the molecule is COc1ccc2c(C)c(C(=O)c3ccc(Br)s3)oc2c1.